The van der Waals surface area contributed by atoms with Crippen LogP contribution in [0.25, 0.3) is 11.0 Å². The van der Waals surface area contributed by atoms with Crippen LogP contribution in [-0.2, 0) is 11.3 Å². The highest BCUT2D eigenvalue weighted by atomic mass is 79.9. The Labute approximate surface area is 155 Å². The number of carbonyl (C=O) groups is 1. The van der Waals surface area contributed by atoms with Crippen molar-refractivity contribution >= 4 is 44.2 Å². The zero-order chi connectivity index (χ0) is 17.6. The molecule has 1 aromatic carbocycles. The molecule has 2 heterocycles. The number of nitrogens with one attached hydrogen (secondary N) is 2. The molecule has 3 aromatic rings. The standard InChI is InChI=1S/C19H19BrN4O/c1-2-3-18(25)24-15-6-4-13(5-7-15)11-22-16-8-9-21-17-10-14(20)12-23-19(16)17/h4-10,12H,2-3,11H2,1H3,(H,21,22)(H,24,25). The van der Waals surface area contributed by atoms with Crippen LogP contribution < -0.4 is 10.6 Å². The van der Waals surface area contributed by atoms with E-state index in [2.05, 4.69) is 36.5 Å². The predicted octanol–water partition coefficient (Wildman–Crippen LogP) is 4.74. The van der Waals surface area contributed by atoms with Crippen LogP contribution in [0.5, 0.6) is 0 Å². The van der Waals surface area contributed by atoms with Gasteiger partial charge in [-0.2, -0.15) is 0 Å². The van der Waals surface area contributed by atoms with Crippen molar-refractivity contribution in [1.29, 1.82) is 0 Å². The van der Waals surface area contributed by atoms with E-state index < -0.39 is 0 Å². The van der Waals surface area contributed by atoms with E-state index in [4.69, 9.17) is 0 Å². The van der Waals surface area contributed by atoms with Crippen molar-refractivity contribution in [2.24, 2.45) is 0 Å². The van der Waals surface area contributed by atoms with Gasteiger partial charge in [0.15, 0.2) is 0 Å². The minimum absolute atomic E-state index is 0.0499. The fourth-order valence-electron chi connectivity index (χ4n) is 2.50. The normalized spacial score (nSPS) is 10.6. The lowest BCUT2D eigenvalue weighted by molar-refractivity contribution is -0.116. The number of hydrogen-bond acceptors (Lipinski definition) is 4. The molecule has 0 unspecified atom stereocenters. The number of halogens is 1. The Balaban J connectivity index is 1.67. The second-order valence-electron chi connectivity index (χ2n) is 5.73. The maximum atomic E-state index is 11.6. The molecule has 0 saturated heterocycles. The first-order valence-corrected chi connectivity index (χ1v) is 8.98. The van der Waals surface area contributed by atoms with Gasteiger partial charge in [0.1, 0.15) is 5.52 Å². The number of aromatic nitrogens is 2. The first-order valence-electron chi connectivity index (χ1n) is 8.18. The van der Waals surface area contributed by atoms with Crippen molar-refractivity contribution in [2.45, 2.75) is 26.3 Å². The van der Waals surface area contributed by atoms with Crippen molar-refractivity contribution in [1.82, 2.24) is 9.97 Å². The van der Waals surface area contributed by atoms with Crippen molar-refractivity contribution < 1.29 is 4.79 Å². The number of hydrogen-bond donors (Lipinski definition) is 2. The van der Waals surface area contributed by atoms with Gasteiger partial charge in [-0.3, -0.25) is 14.8 Å². The first-order chi connectivity index (χ1) is 12.2. The molecule has 1 amide bonds. The molecule has 2 N–H and O–H groups in total. The van der Waals surface area contributed by atoms with E-state index in [-0.39, 0.29) is 5.91 Å². The average molecular weight is 399 g/mol. The molecule has 128 valence electrons. The van der Waals surface area contributed by atoms with Gasteiger partial charge >= 0.3 is 0 Å². The second-order valence-corrected chi connectivity index (χ2v) is 6.64. The summed E-state index contributed by atoms with van der Waals surface area (Å²) in [6, 6.07) is 11.7. The van der Waals surface area contributed by atoms with Crippen molar-refractivity contribution in [3.63, 3.8) is 0 Å². The van der Waals surface area contributed by atoms with Crippen LogP contribution in [0.3, 0.4) is 0 Å². The maximum Gasteiger partial charge on any atom is 0.224 e. The summed E-state index contributed by atoms with van der Waals surface area (Å²) in [7, 11) is 0. The fraction of sp³-hybridized carbons (Fsp3) is 0.211. The van der Waals surface area contributed by atoms with E-state index in [0.29, 0.717) is 13.0 Å². The van der Waals surface area contributed by atoms with Gasteiger partial charge in [-0.25, -0.2) is 0 Å². The van der Waals surface area contributed by atoms with Gasteiger partial charge in [-0.15, -0.1) is 0 Å². The Morgan fingerprint density at radius 1 is 1.16 bits per heavy atom. The number of carbonyl (C=O) groups excluding carboxylic acids is 1. The lowest BCUT2D eigenvalue weighted by Crippen LogP contribution is -2.10. The molecule has 0 spiro atoms. The van der Waals surface area contributed by atoms with Gasteiger partial charge in [0, 0.05) is 35.5 Å². The number of amides is 1. The van der Waals surface area contributed by atoms with Crippen LogP contribution in [0.1, 0.15) is 25.3 Å². The summed E-state index contributed by atoms with van der Waals surface area (Å²) in [5, 5.41) is 6.29. The topological polar surface area (TPSA) is 66.9 Å². The molecular weight excluding hydrogens is 380 g/mol. The van der Waals surface area contributed by atoms with Crippen molar-refractivity contribution in [3.05, 3.63) is 58.8 Å². The van der Waals surface area contributed by atoms with Crippen molar-refractivity contribution in [3.8, 4) is 0 Å². The molecule has 25 heavy (non-hydrogen) atoms. The van der Waals surface area contributed by atoms with Crippen LogP contribution in [0.15, 0.2) is 53.3 Å². The predicted molar refractivity (Wildman–Crippen MR) is 105 cm³/mol. The van der Waals surface area contributed by atoms with Crippen LogP contribution in [-0.4, -0.2) is 15.9 Å². The van der Waals surface area contributed by atoms with E-state index in [1.807, 2.05) is 43.3 Å². The molecular formula is C19H19BrN4O. The Bertz CT molecular complexity index is 880. The van der Waals surface area contributed by atoms with E-state index in [1.54, 1.807) is 12.4 Å². The SMILES string of the molecule is CCCC(=O)Nc1ccc(CNc2ccnc3cc(Br)cnc23)cc1. The highest BCUT2D eigenvalue weighted by Crippen LogP contribution is 2.22. The molecule has 0 atom stereocenters. The first kappa shape index (κ1) is 17.4. The quantitative estimate of drug-likeness (QED) is 0.628. The fourth-order valence-corrected chi connectivity index (χ4v) is 2.82. The molecule has 0 radical (unpaired) electrons. The lowest BCUT2D eigenvalue weighted by Gasteiger charge is -2.10. The zero-order valence-electron chi connectivity index (χ0n) is 13.9. The Hall–Kier alpha value is -2.47. The van der Waals surface area contributed by atoms with Gasteiger partial charge in [0.05, 0.1) is 11.2 Å². The third-order valence-electron chi connectivity index (χ3n) is 3.74. The van der Waals surface area contributed by atoms with Crippen LogP contribution in [0.4, 0.5) is 11.4 Å². The van der Waals surface area contributed by atoms with E-state index >= 15 is 0 Å². The number of fused-ring (bicyclic) bond motifs is 1. The molecule has 0 saturated carbocycles. The number of anilines is 2. The number of pyridine rings is 2. The molecule has 0 aliphatic carbocycles. The summed E-state index contributed by atoms with van der Waals surface area (Å²) in [5.74, 6) is 0.0499. The average Bonchev–Trinajstić information content (AvgIpc) is 2.61. The monoisotopic (exact) mass is 398 g/mol. The largest absolute Gasteiger partial charge is 0.379 e. The van der Waals surface area contributed by atoms with E-state index in [9.17, 15) is 4.79 Å². The highest BCUT2D eigenvalue weighted by molar-refractivity contribution is 9.10. The third-order valence-corrected chi connectivity index (χ3v) is 4.18. The summed E-state index contributed by atoms with van der Waals surface area (Å²) in [6.07, 6.45) is 4.92. The molecule has 5 nitrogen and oxygen atoms in total. The van der Waals surface area contributed by atoms with E-state index in [1.165, 1.54) is 0 Å². The third kappa shape index (κ3) is 4.54. The summed E-state index contributed by atoms with van der Waals surface area (Å²) in [5.41, 5.74) is 4.57. The lowest BCUT2D eigenvalue weighted by atomic mass is 10.2. The van der Waals surface area contributed by atoms with Gasteiger partial charge < -0.3 is 10.6 Å². The number of nitrogens with zero attached hydrogens (tertiary/aromatic N) is 2. The minimum Gasteiger partial charge on any atom is -0.379 e. The van der Waals surface area contributed by atoms with E-state index in [0.717, 1.165) is 38.9 Å². The van der Waals surface area contributed by atoms with Crippen molar-refractivity contribution in [2.75, 3.05) is 10.6 Å². The summed E-state index contributed by atoms with van der Waals surface area (Å²) < 4.78 is 0.908. The Kier molecular flexibility index (Phi) is 5.60. The summed E-state index contributed by atoms with van der Waals surface area (Å²) in [4.78, 5) is 20.4. The minimum atomic E-state index is 0.0499. The molecule has 0 bridgehead atoms. The summed E-state index contributed by atoms with van der Waals surface area (Å²) in [6.45, 7) is 2.66. The molecule has 0 aliphatic rings. The molecule has 0 fully saturated rings. The van der Waals surface area contributed by atoms with Gasteiger partial charge in [-0.05, 0) is 52.2 Å². The number of benzene rings is 1. The van der Waals surface area contributed by atoms with Crippen LogP contribution in [0.2, 0.25) is 0 Å². The van der Waals surface area contributed by atoms with Gasteiger partial charge in [0.2, 0.25) is 5.91 Å². The maximum absolute atomic E-state index is 11.6. The second kappa shape index (κ2) is 8.07. The Morgan fingerprint density at radius 2 is 1.96 bits per heavy atom. The molecule has 6 heteroatoms. The zero-order valence-corrected chi connectivity index (χ0v) is 15.5. The summed E-state index contributed by atoms with van der Waals surface area (Å²) >= 11 is 3.41. The number of rotatable bonds is 6. The highest BCUT2D eigenvalue weighted by Gasteiger charge is 2.05. The van der Waals surface area contributed by atoms with Gasteiger partial charge in [-0.1, -0.05) is 19.1 Å². The van der Waals surface area contributed by atoms with Crippen LogP contribution >= 0.6 is 15.9 Å². The molecule has 3 rings (SSSR count). The Morgan fingerprint density at radius 3 is 2.72 bits per heavy atom. The van der Waals surface area contributed by atoms with Crippen LogP contribution in [0, 0.1) is 0 Å². The smallest absolute Gasteiger partial charge is 0.224 e. The molecule has 2 aromatic heterocycles. The molecule has 0 aliphatic heterocycles. The van der Waals surface area contributed by atoms with Gasteiger partial charge in [0.25, 0.3) is 0 Å².